The first-order valence-corrected chi connectivity index (χ1v) is 11.1. The number of hydrogen-bond donors (Lipinski definition) is 3. The number of fused-ring (bicyclic) bond motifs is 5. The summed E-state index contributed by atoms with van der Waals surface area (Å²) < 4.78 is 35.9. The van der Waals surface area contributed by atoms with Gasteiger partial charge in [-0.3, -0.25) is 4.55 Å². The van der Waals surface area contributed by atoms with Crippen LogP contribution >= 0.6 is 0 Å². The van der Waals surface area contributed by atoms with Crippen molar-refractivity contribution in [1.82, 2.24) is 0 Å². The minimum absolute atomic E-state index is 0.0157. The molecule has 0 amide bonds. The van der Waals surface area contributed by atoms with Crippen molar-refractivity contribution in [3.63, 3.8) is 0 Å². The number of aliphatic hydroxyl groups excluding tert-OH is 2. The summed E-state index contributed by atoms with van der Waals surface area (Å²) in [6, 6.07) is 0. The molecule has 0 heterocycles. The Labute approximate surface area is 155 Å². The maximum absolute atomic E-state index is 11.1. The monoisotopic (exact) mass is 386 g/mol. The Kier molecular flexibility index (Phi) is 4.36. The largest absolute Gasteiger partial charge is 0.397 e. The molecule has 148 valence electrons. The van der Waals surface area contributed by atoms with Gasteiger partial charge in [-0.15, -0.1) is 0 Å². The molecule has 7 heteroatoms. The van der Waals surface area contributed by atoms with Crippen molar-refractivity contribution in [3.8, 4) is 0 Å². The highest BCUT2D eigenvalue weighted by Crippen LogP contribution is 2.64. The molecule has 3 N–H and O–H groups in total. The summed E-state index contributed by atoms with van der Waals surface area (Å²) in [6.07, 6.45) is 6.04. The maximum Gasteiger partial charge on any atom is 0.397 e. The molecule has 0 radical (unpaired) electrons. The number of hydrogen-bond acceptors (Lipinski definition) is 5. The summed E-state index contributed by atoms with van der Waals surface area (Å²) in [7, 11) is -4.42. The van der Waals surface area contributed by atoms with Crippen molar-refractivity contribution in [2.45, 2.75) is 77.1 Å². The summed E-state index contributed by atoms with van der Waals surface area (Å²) in [6.45, 7) is 4.41. The Hall–Kier alpha value is -0.470. The van der Waals surface area contributed by atoms with Crippen LogP contribution in [-0.4, -0.2) is 41.5 Å². The third kappa shape index (κ3) is 2.78. The zero-order chi connectivity index (χ0) is 18.9. The average Bonchev–Trinajstić information content (AvgIpc) is 2.77. The summed E-state index contributed by atoms with van der Waals surface area (Å²) in [5, 5.41) is 20.8. The molecule has 0 saturated heterocycles. The highest BCUT2D eigenvalue weighted by Gasteiger charge is 2.60. The van der Waals surface area contributed by atoms with Crippen LogP contribution in [0.25, 0.3) is 0 Å². The third-order valence-corrected chi connectivity index (χ3v) is 8.80. The van der Waals surface area contributed by atoms with E-state index in [0.717, 1.165) is 25.7 Å². The average molecular weight is 387 g/mol. The fraction of sp³-hybridized carbons (Fsp3) is 0.895. The first-order chi connectivity index (χ1) is 12.0. The first kappa shape index (κ1) is 18.9. The van der Waals surface area contributed by atoms with E-state index in [0.29, 0.717) is 37.0 Å². The molecule has 8 unspecified atom stereocenters. The molecule has 0 aliphatic heterocycles. The molecule has 0 aromatic carbocycles. The van der Waals surface area contributed by atoms with Crippen molar-refractivity contribution >= 4 is 10.4 Å². The summed E-state index contributed by atoms with van der Waals surface area (Å²) in [4.78, 5) is 0. The molecule has 26 heavy (non-hydrogen) atoms. The van der Waals surface area contributed by atoms with Crippen LogP contribution in [-0.2, 0) is 14.6 Å². The molecule has 3 fully saturated rings. The molecule has 8 atom stereocenters. The van der Waals surface area contributed by atoms with E-state index >= 15 is 0 Å². The van der Waals surface area contributed by atoms with E-state index in [2.05, 4.69) is 19.9 Å². The summed E-state index contributed by atoms with van der Waals surface area (Å²) in [5.41, 5.74) is 1.07. The van der Waals surface area contributed by atoms with Gasteiger partial charge in [0, 0.05) is 0 Å². The molecule has 3 saturated carbocycles. The maximum atomic E-state index is 11.1. The molecule has 4 aliphatic rings. The van der Waals surface area contributed by atoms with Gasteiger partial charge in [0.25, 0.3) is 0 Å². The van der Waals surface area contributed by atoms with Crippen molar-refractivity contribution < 1.29 is 27.4 Å². The van der Waals surface area contributed by atoms with Crippen molar-refractivity contribution in [3.05, 3.63) is 11.6 Å². The van der Waals surface area contributed by atoms with Crippen LogP contribution < -0.4 is 0 Å². The van der Waals surface area contributed by atoms with Gasteiger partial charge in [0.05, 0.1) is 18.3 Å². The lowest BCUT2D eigenvalue weighted by Gasteiger charge is -2.57. The summed E-state index contributed by atoms with van der Waals surface area (Å²) >= 11 is 0. The van der Waals surface area contributed by atoms with Crippen LogP contribution in [0.3, 0.4) is 0 Å². The molecular formula is C19H30O6S. The van der Waals surface area contributed by atoms with Gasteiger partial charge in [-0.1, -0.05) is 25.5 Å². The van der Waals surface area contributed by atoms with Crippen LogP contribution in [0.15, 0.2) is 11.6 Å². The minimum atomic E-state index is -4.42. The van der Waals surface area contributed by atoms with Crippen molar-refractivity contribution in [2.24, 2.45) is 28.6 Å². The standard InChI is InChI=1S/C19H30O6S/c1-18-7-5-12(25-26(22,23)24)9-11(18)3-4-13-14(18)6-8-19(2)15(13)10-16(20)17(19)21/h3,12-17,20-21H,4-10H2,1-2H3,(H,22,23,24). The Morgan fingerprint density at radius 1 is 1.15 bits per heavy atom. The van der Waals surface area contributed by atoms with E-state index in [-0.39, 0.29) is 10.8 Å². The second kappa shape index (κ2) is 6.01. The normalized spacial score (nSPS) is 51.2. The molecule has 0 bridgehead atoms. The fourth-order valence-electron chi connectivity index (χ4n) is 6.87. The molecular weight excluding hydrogens is 356 g/mol. The van der Waals surface area contributed by atoms with Crippen LogP contribution in [0.5, 0.6) is 0 Å². The van der Waals surface area contributed by atoms with Crippen LogP contribution in [0.4, 0.5) is 0 Å². The van der Waals surface area contributed by atoms with Gasteiger partial charge in [0.15, 0.2) is 0 Å². The van der Waals surface area contributed by atoms with Gasteiger partial charge in [-0.25, -0.2) is 4.18 Å². The van der Waals surface area contributed by atoms with E-state index in [9.17, 15) is 18.6 Å². The minimum Gasteiger partial charge on any atom is -0.390 e. The predicted octanol–water partition coefficient (Wildman–Crippen LogP) is 2.47. The Balaban J connectivity index is 1.59. The lowest BCUT2D eigenvalue weighted by Crippen LogP contribution is -2.51. The van der Waals surface area contributed by atoms with E-state index < -0.39 is 28.7 Å². The van der Waals surface area contributed by atoms with E-state index in [4.69, 9.17) is 8.74 Å². The van der Waals surface area contributed by atoms with Crippen LogP contribution in [0, 0.1) is 28.6 Å². The highest BCUT2D eigenvalue weighted by atomic mass is 32.3. The van der Waals surface area contributed by atoms with Gasteiger partial charge in [0.2, 0.25) is 0 Å². The van der Waals surface area contributed by atoms with Gasteiger partial charge < -0.3 is 10.2 Å². The Morgan fingerprint density at radius 3 is 2.58 bits per heavy atom. The second-order valence-corrected chi connectivity index (χ2v) is 10.5. The number of rotatable bonds is 2. The Morgan fingerprint density at radius 2 is 1.88 bits per heavy atom. The van der Waals surface area contributed by atoms with Crippen LogP contribution in [0.2, 0.25) is 0 Å². The zero-order valence-corrected chi connectivity index (χ0v) is 16.3. The van der Waals surface area contributed by atoms with Gasteiger partial charge in [-0.2, -0.15) is 8.42 Å². The first-order valence-electron chi connectivity index (χ1n) is 9.76. The summed E-state index contributed by atoms with van der Waals surface area (Å²) in [5.74, 6) is 1.27. The third-order valence-electron chi connectivity index (χ3n) is 8.29. The molecule has 4 aliphatic carbocycles. The van der Waals surface area contributed by atoms with Gasteiger partial charge in [0.1, 0.15) is 0 Å². The molecule has 6 nitrogen and oxygen atoms in total. The van der Waals surface area contributed by atoms with Crippen molar-refractivity contribution in [1.29, 1.82) is 0 Å². The van der Waals surface area contributed by atoms with Crippen molar-refractivity contribution in [2.75, 3.05) is 0 Å². The second-order valence-electron chi connectivity index (χ2n) is 9.44. The lowest BCUT2D eigenvalue weighted by atomic mass is 9.48. The predicted molar refractivity (Wildman–Crippen MR) is 95.5 cm³/mol. The molecule has 4 rings (SSSR count). The van der Waals surface area contributed by atoms with Gasteiger partial charge >= 0.3 is 10.4 Å². The molecule has 0 aromatic heterocycles. The van der Waals surface area contributed by atoms with Crippen LogP contribution in [0.1, 0.15) is 58.8 Å². The molecule has 0 spiro atoms. The Bertz CT molecular complexity index is 718. The zero-order valence-electron chi connectivity index (χ0n) is 15.5. The molecule has 0 aromatic rings. The smallest absolute Gasteiger partial charge is 0.390 e. The number of aliphatic hydroxyl groups is 2. The highest BCUT2D eigenvalue weighted by molar-refractivity contribution is 7.80. The topological polar surface area (TPSA) is 104 Å². The quantitative estimate of drug-likeness (QED) is 0.497. The van der Waals surface area contributed by atoms with Gasteiger partial charge in [-0.05, 0) is 73.5 Å². The fourth-order valence-corrected chi connectivity index (χ4v) is 7.38. The number of allylic oxidation sites excluding steroid dienone is 1. The van der Waals surface area contributed by atoms with E-state index in [1.165, 1.54) is 5.57 Å². The van der Waals surface area contributed by atoms with E-state index in [1.54, 1.807) is 0 Å². The SMILES string of the molecule is CC12CCC(OS(=O)(=O)O)CC1=CCC1C2CCC2(C)C(O)C(O)CC12. The lowest BCUT2D eigenvalue weighted by molar-refractivity contribution is -0.0810. The van der Waals surface area contributed by atoms with E-state index in [1.807, 2.05) is 0 Å².